The molecule has 0 aromatic rings. The predicted molar refractivity (Wildman–Crippen MR) is 55.1 cm³/mol. The van der Waals surface area contributed by atoms with E-state index in [1.807, 2.05) is 0 Å². The molecular formula is C12H22. The zero-order valence-corrected chi connectivity index (χ0v) is 8.77. The second-order valence-corrected chi connectivity index (χ2v) is 4.77. The zero-order chi connectivity index (χ0) is 9.19. The fraction of sp³-hybridized carbons (Fsp3) is 0.833. The minimum Gasteiger partial charge on any atom is -0.103 e. The summed E-state index contributed by atoms with van der Waals surface area (Å²) in [6, 6.07) is 0. The molecule has 1 rings (SSSR count). The molecule has 0 amide bonds. The van der Waals surface area contributed by atoms with Crippen LogP contribution in [0, 0.1) is 17.3 Å². The Bertz CT molecular complexity index is 151. The van der Waals surface area contributed by atoms with Crippen LogP contribution >= 0.6 is 0 Å². The molecule has 0 radical (unpaired) electrons. The van der Waals surface area contributed by atoms with Crippen molar-refractivity contribution in [3.63, 3.8) is 0 Å². The Morgan fingerprint density at radius 1 is 1.33 bits per heavy atom. The van der Waals surface area contributed by atoms with Crippen LogP contribution in [-0.4, -0.2) is 0 Å². The third-order valence-electron chi connectivity index (χ3n) is 3.62. The summed E-state index contributed by atoms with van der Waals surface area (Å²) in [5, 5.41) is 0. The second-order valence-electron chi connectivity index (χ2n) is 4.77. The summed E-state index contributed by atoms with van der Waals surface area (Å²) in [4.78, 5) is 0. The fourth-order valence-corrected chi connectivity index (χ4v) is 1.91. The first-order valence-corrected chi connectivity index (χ1v) is 5.23. The SMILES string of the molecule is C=CC(C)CCC1(C(C)C)CC1. The molecule has 0 aromatic carbocycles. The highest BCUT2D eigenvalue weighted by Crippen LogP contribution is 2.55. The molecule has 1 aliphatic rings. The summed E-state index contributed by atoms with van der Waals surface area (Å²) in [5.41, 5.74) is 0.733. The topological polar surface area (TPSA) is 0 Å². The lowest BCUT2D eigenvalue weighted by Gasteiger charge is -2.20. The van der Waals surface area contributed by atoms with Crippen LogP contribution in [0.15, 0.2) is 12.7 Å². The van der Waals surface area contributed by atoms with E-state index in [0.717, 1.165) is 11.3 Å². The Balaban J connectivity index is 2.27. The molecule has 0 bridgehead atoms. The highest BCUT2D eigenvalue weighted by molar-refractivity contribution is 4.96. The maximum atomic E-state index is 3.83. The second kappa shape index (κ2) is 3.64. The van der Waals surface area contributed by atoms with Crippen LogP contribution in [0.4, 0.5) is 0 Å². The molecule has 0 spiro atoms. The lowest BCUT2D eigenvalue weighted by molar-refractivity contribution is 0.313. The molecule has 1 saturated carbocycles. The van der Waals surface area contributed by atoms with E-state index in [1.165, 1.54) is 25.7 Å². The number of hydrogen-bond acceptors (Lipinski definition) is 0. The Morgan fingerprint density at radius 2 is 1.92 bits per heavy atom. The van der Waals surface area contributed by atoms with Crippen LogP contribution < -0.4 is 0 Å². The Hall–Kier alpha value is -0.260. The molecular weight excluding hydrogens is 144 g/mol. The molecule has 0 aromatic heterocycles. The average Bonchev–Trinajstić information content (AvgIpc) is 2.81. The van der Waals surface area contributed by atoms with E-state index < -0.39 is 0 Å². The van der Waals surface area contributed by atoms with Gasteiger partial charge in [-0.15, -0.1) is 6.58 Å². The smallest absolute Gasteiger partial charge is 0.0264 e. The van der Waals surface area contributed by atoms with E-state index >= 15 is 0 Å². The molecule has 0 nitrogen and oxygen atoms in total. The lowest BCUT2D eigenvalue weighted by Crippen LogP contribution is -2.10. The maximum Gasteiger partial charge on any atom is -0.0264 e. The van der Waals surface area contributed by atoms with Crippen molar-refractivity contribution in [1.29, 1.82) is 0 Å². The lowest BCUT2D eigenvalue weighted by atomic mass is 9.85. The van der Waals surface area contributed by atoms with Gasteiger partial charge in [-0.3, -0.25) is 0 Å². The van der Waals surface area contributed by atoms with E-state index in [0.29, 0.717) is 5.92 Å². The number of allylic oxidation sites excluding steroid dienone is 1. The van der Waals surface area contributed by atoms with Crippen LogP contribution in [0.1, 0.15) is 46.5 Å². The molecule has 0 heterocycles. The Kier molecular flexibility index (Phi) is 2.98. The highest BCUT2D eigenvalue weighted by atomic mass is 14.5. The minimum absolute atomic E-state index is 0.709. The zero-order valence-electron chi connectivity index (χ0n) is 8.77. The molecule has 70 valence electrons. The van der Waals surface area contributed by atoms with Crippen LogP contribution in [-0.2, 0) is 0 Å². The van der Waals surface area contributed by atoms with Gasteiger partial charge in [0.05, 0.1) is 0 Å². The van der Waals surface area contributed by atoms with Crippen LogP contribution in [0.25, 0.3) is 0 Å². The van der Waals surface area contributed by atoms with Gasteiger partial charge in [-0.2, -0.15) is 0 Å². The molecule has 1 fully saturated rings. The van der Waals surface area contributed by atoms with E-state index in [9.17, 15) is 0 Å². The highest BCUT2D eigenvalue weighted by Gasteiger charge is 2.44. The van der Waals surface area contributed by atoms with E-state index in [4.69, 9.17) is 0 Å². The number of rotatable bonds is 5. The van der Waals surface area contributed by atoms with Crippen molar-refractivity contribution in [2.24, 2.45) is 17.3 Å². The van der Waals surface area contributed by atoms with Gasteiger partial charge in [0.1, 0.15) is 0 Å². The molecule has 1 aliphatic carbocycles. The van der Waals surface area contributed by atoms with Gasteiger partial charge >= 0.3 is 0 Å². The fourth-order valence-electron chi connectivity index (χ4n) is 1.91. The summed E-state index contributed by atoms with van der Waals surface area (Å²) in [5.74, 6) is 1.59. The monoisotopic (exact) mass is 166 g/mol. The van der Waals surface area contributed by atoms with Crippen LogP contribution in [0.3, 0.4) is 0 Å². The first kappa shape index (κ1) is 9.83. The van der Waals surface area contributed by atoms with Gasteiger partial charge in [0, 0.05) is 0 Å². The third kappa shape index (κ3) is 2.12. The van der Waals surface area contributed by atoms with E-state index in [-0.39, 0.29) is 0 Å². The first-order chi connectivity index (χ1) is 5.60. The van der Waals surface area contributed by atoms with Crippen molar-refractivity contribution < 1.29 is 0 Å². The van der Waals surface area contributed by atoms with Gasteiger partial charge in [-0.05, 0) is 42.9 Å². The normalized spacial score (nSPS) is 22.3. The van der Waals surface area contributed by atoms with Gasteiger partial charge in [0.15, 0.2) is 0 Å². The van der Waals surface area contributed by atoms with Crippen molar-refractivity contribution in [2.75, 3.05) is 0 Å². The summed E-state index contributed by atoms with van der Waals surface area (Å²) in [7, 11) is 0. The molecule has 0 saturated heterocycles. The van der Waals surface area contributed by atoms with E-state index in [2.05, 4.69) is 33.4 Å². The largest absolute Gasteiger partial charge is 0.103 e. The maximum absolute atomic E-state index is 3.83. The predicted octanol–water partition coefficient (Wildman–Crippen LogP) is 4.02. The van der Waals surface area contributed by atoms with Crippen molar-refractivity contribution in [3.05, 3.63) is 12.7 Å². The van der Waals surface area contributed by atoms with E-state index in [1.54, 1.807) is 0 Å². The van der Waals surface area contributed by atoms with Crippen LogP contribution in [0.5, 0.6) is 0 Å². The summed E-state index contributed by atoms with van der Waals surface area (Å²) < 4.78 is 0. The molecule has 12 heavy (non-hydrogen) atoms. The van der Waals surface area contributed by atoms with Gasteiger partial charge < -0.3 is 0 Å². The summed E-state index contributed by atoms with van der Waals surface area (Å²) in [6.45, 7) is 10.8. The summed E-state index contributed by atoms with van der Waals surface area (Å²) >= 11 is 0. The average molecular weight is 166 g/mol. The summed E-state index contributed by atoms with van der Waals surface area (Å²) in [6.07, 6.45) is 7.76. The van der Waals surface area contributed by atoms with Gasteiger partial charge in [0.25, 0.3) is 0 Å². The van der Waals surface area contributed by atoms with Crippen molar-refractivity contribution in [3.8, 4) is 0 Å². The van der Waals surface area contributed by atoms with Crippen LogP contribution in [0.2, 0.25) is 0 Å². The Labute approximate surface area is 77.1 Å². The van der Waals surface area contributed by atoms with Crippen molar-refractivity contribution in [2.45, 2.75) is 46.5 Å². The standard InChI is InChI=1S/C12H22/c1-5-11(4)6-7-12(8-9-12)10(2)3/h5,10-11H,1,6-9H2,2-4H3. The van der Waals surface area contributed by atoms with Gasteiger partial charge in [-0.25, -0.2) is 0 Å². The molecule has 0 N–H and O–H groups in total. The minimum atomic E-state index is 0.709. The molecule has 0 heteroatoms. The Morgan fingerprint density at radius 3 is 2.25 bits per heavy atom. The number of hydrogen-bond donors (Lipinski definition) is 0. The third-order valence-corrected chi connectivity index (χ3v) is 3.62. The molecule has 1 atom stereocenters. The van der Waals surface area contributed by atoms with Gasteiger partial charge in [0.2, 0.25) is 0 Å². The molecule has 1 unspecified atom stereocenters. The van der Waals surface area contributed by atoms with Crippen molar-refractivity contribution >= 4 is 0 Å². The first-order valence-electron chi connectivity index (χ1n) is 5.23. The quantitative estimate of drug-likeness (QED) is 0.541. The molecule has 0 aliphatic heterocycles. The van der Waals surface area contributed by atoms with Crippen molar-refractivity contribution in [1.82, 2.24) is 0 Å². The van der Waals surface area contributed by atoms with Gasteiger partial charge in [-0.1, -0.05) is 26.8 Å².